The molecule has 0 amide bonds. The minimum atomic E-state index is -1.37. The van der Waals surface area contributed by atoms with E-state index in [2.05, 4.69) is 6.07 Å². The van der Waals surface area contributed by atoms with Crippen LogP contribution in [0.2, 0.25) is 0 Å². The van der Waals surface area contributed by atoms with E-state index < -0.39 is 17.9 Å². The summed E-state index contributed by atoms with van der Waals surface area (Å²) in [6.45, 7) is 0. The molecule has 116 valence electrons. The smallest absolute Gasteiger partial charge is 0.317 e. The van der Waals surface area contributed by atoms with Crippen LogP contribution in [0.4, 0.5) is 0 Å². The van der Waals surface area contributed by atoms with Gasteiger partial charge < -0.3 is 10.2 Å². The number of carbonyl (C=O) groups is 2. The van der Waals surface area contributed by atoms with Crippen LogP contribution in [-0.4, -0.2) is 22.2 Å². The number of hydrogen-bond acceptors (Lipinski definition) is 2. The van der Waals surface area contributed by atoms with Gasteiger partial charge >= 0.3 is 11.9 Å². The van der Waals surface area contributed by atoms with Crippen LogP contribution in [0.5, 0.6) is 0 Å². The summed E-state index contributed by atoms with van der Waals surface area (Å²) in [4.78, 5) is 22.1. The van der Waals surface area contributed by atoms with Crippen molar-refractivity contribution in [3.05, 3.63) is 60.2 Å². The Morgan fingerprint density at radius 3 is 2.22 bits per heavy atom. The molecular formula is C19H16O4. The first kappa shape index (κ1) is 15.0. The highest BCUT2D eigenvalue weighted by atomic mass is 16.4. The molecule has 4 nitrogen and oxygen atoms in total. The van der Waals surface area contributed by atoms with Crippen molar-refractivity contribution in [1.82, 2.24) is 0 Å². The van der Waals surface area contributed by atoms with Gasteiger partial charge in [0.15, 0.2) is 5.92 Å². The van der Waals surface area contributed by atoms with Crippen molar-refractivity contribution in [3.63, 3.8) is 0 Å². The van der Waals surface area contributed by atoms with Gasteiger partial charge in [0.05, 0.1) is 0 Å². The third-order valence-electron chi connectivity index (χ3n) is 4.15. The van der Waals surface area contributed by atoms with Crippen molar-refractivity contribution >= 4 is 33.5 Å². The Hall–Kier alpha value is -2.88. The van der Waals surface area contributed by atoms with E-state index in [-0.39, 0.29) is 6.42 Å². The van der Waals surface area contributed by atoms with Crippen LogP contribution >= 0.6 is 0 Å². The molecule has 0 aliphatic rings. The SMILES string of the molecule is O=C(O)C(CCc1cccc2ccc3ccccc3c12)C(=O)O. The lowest BCUT2D eigenvalue weighted by Gasteiger charge is -2.12. The summed E-state index contributed by atoms with van der Waals surface area (Å²) in [6, 6.07) is 18.0. The zero-order valence-electron chi connectivity index (χ0n) is 12.4. The lowest BCUT2D eigenvalue weighted by atomic mass is 9.93. The average Bonchev–Trinajstić information content (AvgIpc) is 2.54. The molecule has 3 aromatic carbocycles. The Labute approximate surface area is 133 Å². The summed E-state index contributed by atoms with van der Waals surface area (Å²) in [6.07, 6.45) is 0.488. The topological polar surface area (TPSA) is 74.6 Å². The van der Waals surface area contributed by atoms with Crippen molar-refractivity contribution < 1.29 is 19.8 Å². The van der Waals surface area contributed by atoms with Crippen LogP contribution in [-0.2, 0) is 16.0 Å². The molecule has 0 aliphatic heterocycles. The van der Waals surface area contributed by atoms with Gasteiger partial charge in [-0.2, -0.15) is 0 Å². The molecule has 0 atom stereocenters. The van der Waals surface area contributed by atoms with Crippen molar-refractivity contribution in [3.8, 4) is 0 Å². The molecule has 0 aliphatic carbocycles. The number of rotatable bonds is 5. The highest BCUT2D eigenvalue weighted by Crippen LogP contribution is 2.29. The normalized spacial score (nSPS) is 11.2. The van der Waals surface area contributed by atoms with Crippen LogP contribution < -0.4 is 0 Å². The van der Waals surface area contributed by atoms with Crippen molar-refractivity contribution in [1.29, 1.82) is 0 Å². The molecular weight excluding hydrogens is 292 g/mol. The third-order valence-corrected chi connectivity index (χ3v) is 4.15. The monoisotopic (exact) mass is 308 g/mol. The van der Waals surface area contributed by atoms with Gasteiger partial charge in [0.1, 0.15) is 0 Å². The van der Waals surface area contributed by atoms with E-state index in [9.17, 15) is 9.59 Å². The van der Waals surface area contributed by atoms with E-state index in [1.165, 1.54) is 0 Å². The van der Waals surface area contributed by atoms with E-state index in [0.717, 1.165) is 27.1 Å². The first-order valence-electron chi connectivity index (χ1n) is 7.43. The van der Waals surface area contributed by atoms with Gasteiger partial charge in [-0.05, 0) is 39.9 Å². The molecule has 0 unspecified atom stereocenters. The quantitative estimate of drug-likeness (QED) is 0.556. The molecule has 23 heavy (non-hydrogen) atoms. The zero-order chi connectivity index (χ0) is 16.4. The highest BCUT2D eigenvalue weighted by Gasteiger charge is 2.25. The second-order valence-electron chi connectivity index (χ2n) is 5.57. The summed E-state index contributed by atoms with van der Waals surface area (Å²) in [7, 11) is 0. The first-order valence-corrected chi connectivity index (χ1v) is 7.43. The van der Waals surface area contributed by atoms with Gasteiger partial charge in [-0.15, -0.1) is 0 Å². The van der Waals surface area contributed by atoms with E-state index in [1.54, 1.807) is 0 Å². The lowest BCUT2D eigenvalue weighted by Crippen LogP contribution is -2.23. The second-order valence-corrected chi connectivity index (χ2v) is 5.57. The number of benzene rings is 3. The van der Waals surface area contributed by atoms with E-state index in [0.29, 0.717) is 6.42 Å². The maximum Gasteiger partial charge on any atom is 0.317 e. The lowest BCUT2D eigenvalue weighted by molar-refractivity contribution is -0.154. The van der Waals surface area contributed by atoms with Gasteiger partial charge in [0.2, 0.25) is 0 Å². The zero-order valence-corrected chi connectivity index (χ0v) is 12.4. The molecule has 0 saturated carbocycles. The standard InChI is InChI=1S/C19H16O4/c20-18(21)16(19(22)23)11-10-14-6-3-5-13-9-8-12-4-1-2-7-15(12)17(13)14/h1-9,16H,10-11H2,(H,20,21)(H,22,23). The van der Waals surface area contributed by atoms with Crippen molar-refractivity contribution in [2.75, 3.05) is 0 Å². The summed E-state index contributed by atoms with van der Waals surface area (Å²) in [5.41, 5.74) is 0.979. The molecule has 2 N–H and O–H groups in total. The van der Waals surface area contributed by atoms with Crippen molar-refractivity contribution in [2.45, 2.75) is 12.8 Å². The molecule has 0 heterocycles. The number of carboxylic acids is 2. The van der Waals surface area contributed by atoms with Gasteiger partial charge in [-0.3, -0.25) is 9.59 Å². The summed E-state index contributed by atoms with van der Waals surface area (Å²) < 4.78 is 0. The number of aliphatic carboxylic acids is 2. The minimum absolute atomic E-state index is 0.0764. The molecule has 4 heteroatoms. The predicted octanol–water partition coefficient (Wildman–Crippen LogP) is 3.71. The fourth-order valence-electron chi connectivity index (χ4n) is 3.00. The summed E-state index contributed by atoms with van der Waals surface area (Å²) in [5, 5.41) is 22.4. The maximum absolute atomic E-state index is 11.1. The third kappa shape index (κ3) is 2.88. The molecule has 0 saturated heterocycles. The average molecular weight is 308 g/mol. The van der Waals surface area contributed by atoms with Crippen LogP contribution in [0.3, 0.4) is 0 Å². The van der Waals surface area contributed by atoms with Crippen LogP contribution in [0.15, 0.2) is 54.6 Å². The summed E-state index contributed by atoms with van der Waals surface area (Å²) >= 11 is 0. The predicted molar refractivity (Wildman–Crippen MR) is 88.5 cm³/mol. The summed E-state index contributed by atoms with van der Waals surface area (Å²) in [5.74, 6) is -3.95. The van der Waals surface area contributed by atoms with Gasteiger partial charge in [-0.1, -0.05) is 54.6 Å². The van der Waals surface area contributed by atoms with Gasteiger partial charge in [-0.25, -0.2) is 0 Å². The fourth-order valence-corrected chi connectivity index (χ4v) is 3.00. The molecule has 0 bridgehead atoms. The van der Waals surface area contributed by atoms with Crippen molar-refractivity contribution in [2.24, 2.45) is 5.92 Å². The van der Waals surface area contributed by atoms with E-state index in [1.807, 2.05) is 48.5 Å². The van der Waals surface area contributed by atoms with E-state index >= 15 is 0 Å². The molecule has 0 radical (unpaired) electrons. The highest BCUT2D eigenvalue weighted by molar-refractivity contribution is 6.09. The Morgan fingerprint density at radius 2 is 1.48 bits per heavy atom. The molecule has 3 aromatic rings. The molecule has 3 rings (SSSR count). The largest absolute Gasteiger partial charge is 0.481 e. The Morgan fingerprint density at radius 1 is 0.826 bits per heavy atom. The Bertz CT molecular complexity index is 884. The number of aryl methyl sites for hydroxylation is 1. The molecule has 0 fully saturated rings. The van der Waals surface area contributed by atoms with Gasteiger partial charge in [0.25, 0.3) is 0 Å². The maximum atomic E-state index is 11.1. The minimum Gasteiger partial charge on any atom is -0.481 e. The number of carboxylic acid groups (broad SMARTS) is 2. The first-order chi connectivity index (χ1) is 11.1. The second kappa shape index (κ2) is 6.08. The number of fused-ring (bicyclic) bond motifs is 3. The molecule has 0 aromatic heterocycles. The number of hydrogen-bond donors (Lipinski definition) is 2. The van der Waals surface area contributed by atoms with E-state index in [4.69, 9.17) is 10.2 Å². The van der Waals surface area contributed by atoms with Gasteiger partial charge in [0, 0.05) is 0 Å². The Kier molecular flexibility index (Phi) is 3.98. The molecule has 0 spiro atoms. The fraction of sp³-hybridized carbons (Fsp3) is 0.158. The van der Waals surface area contributed by atoms with Crippen LogP contribution in [0.1, 0.15) is 12.0 Å². The van der Waals surface area contributed by atoms with Crippen LogP contribution in [0, 0.1) is 5.92 Å². The Balaban J connectivity index is 2.05. The van der Waals surface area contributed by atoms with Crippen LogP contribution in [0.25, 0.3) is 21.5 Å².